The van der Waals surface area contributed by atoms with Crippen molar-refractivity contribution in [3.8, 4) is 0 Å². The van der Waals surface area contributed by atoms with E-state index in [1.54, 1.807) is 12.1 Å². The van der Waals surface area contributed by atoms with Gasteiger partial charge in [0.25, 0.3) is 0 Å². The molecule has 0 aliphatic heterocycles. The van der Waals surface area contributed by atoms with Crippen LogP contribution in [0.3, 0.4) is 0 Å². The highest BCUT2D eigenvalue weighted by atomic mass is 16.4. The first-order chi connectivity index (χ1) is 8.63. The molecule has 3 N–H and O–H groups in total. The molecule has 5 nitrogen and oxygen atoms in total. The molecule has 1 aromatic carbocycles. The fourth-order valence-electron chi connectivity index (χ4n) is 1.56. The van der Waals surface area contributed by atoms with Gasteiger partial charge in [-0.05, 0) is 17.7 Å². The summed E-state index contributed by atoms with van der Waals surface area (Å²) in [7, 11) is 0. The SMILES string of the molecule is CCNCC(=O)NCc1ccccc1CC(=O)O. The molecular weight excluding hydrogens is 232 g/mol. The summed E-state index contributed by atoms with van der Waals surface area (Å²) in [5, 5.41) is 14.5. The van der Waals surface area contributed by atoms with Crippen molar-refractivity contribution in [3.63, 3.8) is 0 Å². The third-order valence-corrected chi connectivity index (χ3v) is 2.47. The zero-order chi connectivity index (χ0) is 13.4. The molecule has 0 unspecified atom stereocenters. The van der Waals surface area contributed by atoms with Crippen molar-refractivity contribution in [2.24, 2.45) is 0 Å². The van der Waals surface area contributed by atoms with Crippen LogP contribution < -0.4 is 10.6 Å². The second-order valence-electron chi connectivity index (χ2n) is 3.90. The Morgan fingerprint density at radius 1 is 1.22 bits per heavy atom. The summed E-state index contributed by atoms with van der Waals surface area (Å²) >= 11 is 0. The van der Waals surface area contributed by atoms with Crippen LogP contribution in [0.15, 0.2) is 24.3 Å². The van der Waals surface area contributed by atoms with E-state index >= 15 is 0 Å². The topological polar surface area (TPSA) is 78.4 Å². The summed E-state index contributed by atoms with van der Waals surface area (Å²) in [5.41, 5.74) is 1.57. The first-order valence-electron chi connectivity index (χ1n) is 5.89. The van der Waals surface area contributed by atoms with Crippen LogP contribution in [0.1, 0.15) is 18.1 Å². The van der Waals surface area contributed by atoms with Crippen LogP contribution >= 0.6 is 0 Å². The number of likely N-dealkylation sites (N-methyl/N-ethyl adjacent to an activating group) is 1. The minimum Gasteiger partial charge on any atom is -0.481 e. The Hall–Kier alpha value is -1.88. The van der Waals surface area contributed by atoms with Gasteiger partial charge in [0.15, 0.2) is 0 Å². The zero-order valence-corrected chi connectivity index (χ0v) is 10.4. The van der Waals surface area contributed by atoms with Crippen LogP contribution in [0.2, 0.25) is 0 Å². The Kier molecular flexibility index (Phi) is 5.87. The van der Waals surface area contributed by atoms with E-state index in [1.165, 1.54) is 0 Å². The van der Waals surface area contributed by atoms with Crippen molar-refractivity contribution in [3.05, 3.63) is 35.4 Å². The number of carboxylic acid groups (broad SMARTS) is 1. The Balaban J connectivity index is 2.55. The predicted octanol–water partition coefficient (Wildman–Crippen LogP) is 0.539. The van der Waals surface area contributed by atoms with E-state index in [0.717, 1.165) is 17.7 Å². The number of hydrogen-bond acceptors (Lipinski definition) is 3. The monoisotopic (exact) mass is 250 g/mol. The molecule has 1 aromatic rings. The van der Waals surface area contributed by atoms with Crippen LogP contribution in [0, 0.1) is 0 Å². The first kappa shape index (κ1) is 14.2. The van der Waals surface area contributed by atoms with E-state index in [4.69, 9.17) is 5.11 Å². The molecule has 0 aliphatic carbocycles. The Bertz CT molecular complexity index is 418. The summed E-state index contributed by atoms with van der Waals surface area (Å²) < 4.78 is 0. The molecule has 0 bridgehead atoms. The minimum atomic E-state index is -0.874. The highest BCUT2D eigenvalue weighted by molar-refractivity contribution is 5.78. The maximum absolute atomic E-state index is 11.4. The Labute approximate surface area is 106 Å². The normalized spacial score (nSPS) is 10.1. The second-order valence-corrected chi connectivity index (χ2v) is 3.90. The molecule has 0 fully saturated rings. The summed E-state index contributed by atoms with van der Waals surface area (Å²) in [5.74, 6) is -0.969. The van der Waals surface area contributed by atoms with Gasteiger partial charge in [-0.2, -0.15) is 0 Å². The number of carboxylic acids is 1. The van der Waals surface area contributed by atoms with Crippen molar-refractivity contribution in [1.29, 1.82) is 0 Å². The smallest absolute Gasteiger partial charge is 0.307 e. The average Bonchev–Trinajstić information content (AvgIpc) is 2.34. The van der Waals surface area contributed by atoms with Crippen molar-refractivity contribution in [2.75, 3.05) is 13.1 Å². The highest BCUT2D eigenvalue weighted by Gasteiger charge is 2.07. The standard InChI is InChI=1S/C13H18N2O3/c1-2-14-9-12(16)15-8-11-6-4-3-5-10(11)7-13(17)18/h3-6,14H,2,7-9H2,1H3,(H,15,16)(H,17,18). The molecule has 18 heavy (non-hydrogen) atoms. The second kappa shape index (κ2) is 7.45. The third-order valence-electron chi connectivity index (χ3n) is 2.47. The van der Waals surface area contributed by atoms with Gasteiger partial charge in [-0.25, -0.2) is 0 Å². The van der Waals surface area contributed by atoms with Crippen molar-refractivity contribution < 1.29 is 14.7 Å². The number of amides is 1. The molecule has 0 aromatic heterocycles. The van der Waals surface area contributed by atoms with E-state index < -0.39 is 5.97 Å². The maximum Gasteiger partial charge on any atom is 0.307 e. The molecule has 1 amide bonds. The average molecular weight is 250 g/mol. The van der Waals surface area contributed by atoms with Gasteiger partial charge in [0, 0.05) is 6.54 Å². The maximum atomic E-state index is 11.4. The first-order valence-corrected chi connectivity index (χ1v) is 5.89. The molecule has 0 spiro atoms. The summed E-state index contributed by atoms with van der Waals surface area (Å²) in [6.07, 6.45) is -0.0285. The zero-order valence-electron chi connectivity index (χ0n) is 10.4. The molecule has 0 saturated carbocycles. The van der Waals surface area contributed by atoms with Crippen molar-refractivity contribution in [1.82, 2.24) is 10.6 Å². The van der Waals surface area contributed by atoms with Gasteiger partial charge in [-0.1, -0.05) is 31.2 Å². The molecule has 1 rings (SSSR count). The summed E-state index contributed by atoms with van der Waals surface area (Å²) in [6.45, 7) is 3.30. The molecule has 98 valence electrons. The van der Waals surface area contributed by atoms with E-state index in [0.29, 0.717) is 6.54 Å². The van der Waals surface area contributed by atoms with E-state index in [1.807, 2.05) is 19.1 Å². The molecule has 0 aliphatic rings. The number of nitrogens with one attached hydrogen (secondary N) is 2. The lowest BCUT2D eigenvalue weighted by molar-refractivity contribution is -0.136. The molecule has 0 atom stereocenters. The molecule has 0 radical (unpaired) electrons. The van der Waals surface area contributed by atoms with Gasteiger partial charge in [0.1, 0.15) is 0 Å². The fraction of sp³-hybridized carbons (Fsp3) is 0.385. The van der Waals surface area contributed by atoms with Gasteiger partial charge < -0.3 is 15.7 Å². The van der Waals surface area contributed by atoms with E-state index in [-0.39, 0.29) is 18.9 Å². The van der Waals surface area contributed by atoms with E-state index in [2.05, 4.69) is 10.6 Å². The lowest BCUT2D eigenvalue weighted by atomic mass is 10.0. The lowest BCUT2D eigenvalue weighted by Gasteiger charge is -2.09. The van der Waals surface area contributed by atoms with E-state index in [9.17, 15) is 9.59 Å². The van der Waals surface area contributed by atoms with Crippen LogP contribution in [0.25, 0.3) is 0 Å². The summed E-state index contributed by atoms with van der Waals surface area (Å²) in [6, 6.07) is 7.21. The summed E-state index contributed by atoms with van der Waals surface area (Å²) in [4.78, 5) is 22.1. The van der Waals surface area contributed by atoms with Crippen LogP contribution in [-0.4, -0.2) is 30.1 Å². The predicted molar refractivity (Wildman–Crippen MR) is 68.2 cm³/mol. The number of hydrogen-bond donors (Lipinski definition) is 3. The molecule has 0 heterocycles. The Morgan fingerprint density at radius 2 is 1.89 bits per heavy atom. The molecule has 5 heteroatoms. The molecule has 0 saturated heterocycles. The van der Waals surface area contributed by atoms with Crippen molar-refractivity contribution >= 4 is 11.9 Å². The lowest BCUT2D eigenvalue weighted by Crippen LogP contribution is -2.33. The number of rotatable bonds is 7. The van der Waals surface area contributed by atoms with Crippen molar-refractivity contribution in [2.45, 2.75) is 19.9 Å². The number of aliphatic carboxylic acids is 1. The van der Waals surface area contributed by atoms with Gasteiger partial charge in [0.2, 0.25) is 5.91 Å². The van der Waals surface area contributed by atoms with Gasteiger partial charge >= 0.3 is 5.97 Å². The third kappa shape index (κ3) is 4.97. The number of carbonyl (C=O) groups excluding carboxylic acids is 1. The van der Waals surface area contributed by atoms with Gasteiger partial charge in [-0.15, -0.1) is 0 Å². The van der Waals surface area contributed by atoms with Crippen LogP contribution in [0.4, 0.5) is 0 Å². The number of benzene rings is 1. The number of carbonyl (C=O) groups is 2. The minimum absolute atomic E-state index is 0.0285. The Morgan fingerprint density at radius 3 is 2.50 bits per heavy atom. The van der Waals surface area contributed by atoms with Crippen LogP contribution in [-0.2, 0) is 22.6 Å². The van der Waals surface area contributed by atoms with Crippen LogP contribution in [0.5, 0.6) is 0 Å². The molecular formula is C13H18N2O3. The van der Waals surface area contributed by atoms with Gasteiger partial charge in [0.05, 0.1) is 13.0 Å². The fourth-order valence-corrected chi connectivity index (χ4v) is 1.56. The van der Waals surface area contributed by atoms with Gasteiger partial charge in [-0.3, -0.25) is 9.59 Å². The highest BCUT2D eigenvalue weighted by Crippen LogP contribution is 2.09. The largest absolute Gasteiger partial charge is 0.481 e. The quantitative estimate of drug-likeness (QED) is 0.660.